The van der Waals surface area contributed by atoms with Crippen molar-refractivity contribution >= 4 is 5.78 Å². The van der Waals surface area contributed by atoms with Gasteiger partial charge in [-0.1, -0.05) is 30.7 Å². The Bertz CT molecular complexity index is 394. The molecule has 2 heteroatoms. The quantitative estimate of drug-likeness (QED) is 0.742. The van der Waals surface area contributed by atoms with Gasteiger partial charge in [-0.25, -0.2) is 0 Å². The van der Waals surface area contributed by atoms with Gasteiger partial charge in [0.05, 0.1) is 6.04 Å². The van der Waals surface area contributed by atoms with Crippen LogP contribution in [0.1, 0.15) is 42.1 Å². The Morgan fingerprint density at radius 2 is 2.06 bits per heavy atom. The van der Waals surface area contributed by atoms with Crippen molar-refractivity contribution in [3.8, 4) is 0 Å². The maximum absolute atomic E-state index is 12.5. The van der Waals surface area contributed by atoms with E-state index in [1.54, 1.807) is 0 Å². The SMILES string of the molecule is CCC(C(=O)c1cccc(C)c1)N1CCCC1. The lowest BCUT2D eigenvalue weighted by molar-refractivity contribution is 0.0844. The van der Waals surface area contributed by atoms with Crippen LogP contribution in [0.15, 0.2) is 24.3 Å². The summed E-state index contributed by atoms with van der Waals surface area (Å²) >= 11 is 0. The minimum Gasteiger partial charge on any atom is -0.293 e. The fourth-order valence-corrected chi connectivity index (χ4v) is 2.65. The number of ketones is 1. The molecule has 0 aromatic heterocycles. The zero-order valence-electron chi connectivity index (χ0n) is 10.8. The normalized spacial score (nSPS) is 18.2. The first-order valence-electron chi connectivity index (χ1n) is 6.57. The van der Waals surface area contributed by atoms with E-state index in [1.165, 1.54) is 12.8 Å². The van der Waals surface area contributed by atoms with Crippen molar-refractivity contribution in [3.05, 3.63) is 35.4 Å². The van der Waals surface area contributed by atoms with Crippen molar-refractivity contribution in [3.63, 3.8) is 0 Å². The van der Waals surface area contributed by atoms with Crippen LogP contribution in [0.5, 0.6) is 0 Å². The van der Waals surface area contributed by atoms with Crippen LogP contribution in [-0.4, -0.2) is 29.8 Å². The first-order chi connectivity index (χ1) is 8.22. The lowest BCUT2D eigenvalue weighted by Gasteiger charge is -2.25. The van der Waals surface area contributed by atoms with Gasteiger partial charge >= 0.3 is 0 Å². The average molecular weight is 231 g/mol. The van der Waals surface area contributed by atoms with Crippen LogP contribution in [0, 0.1) is 6.92 Å². The maximum Gasteiger partial charge on any atom is 0.179 e. The molecule has 0 saturated carbocycles. The van der Waals surface area contributed by atoms with Gasteiger partial charge in [-0.05, 0) is 45.3 Å². The molecular formula is C15H21NO. The van der Waals surface area contributed by atoms with E-state index in [4.69, 9.17) is 0 Å². The fraction of sp³-hybridized carbons (Fsp3) is 0.533. The molecule has 0 N–H and O–H groups in total. The van der Waals surface area contributed by atoms with Crippen LogP contribution in [0.2, 0.25) is 0 Å². The Morgan fingerprint density at radius 1 is 1.35 bits per heavy atom. The number of likely N-dealkylation sites (tertiary alicyclic amines) is 1. The molecule has 2 nitrogen and oxygen atoms in total. The topological polar surface area (TPSA) is 20.3 Å². The van der Waals surface area contributed by atoms with E-state index in [0.717, 1.165) is 30.6 Å². The molecule has 1 aliphatic rings. The van der Waals surface area contributed by atoms with E-state index >= 15 is 0 Å². The van der Waals surface area contributed by atoms with Crippen LogP contribution < -0.4 is 0 Å². The third-order valence-electron chi connectivity index (χ3n) is 3.57. The van der Waals surface area contributed by atoms with Crippen molar-refractivity contribution in [1.82, 2.24) is 4.90 Å². The highest BCUT2D eigenvalue weighted by atomic mass is 16.1. The van der Waals surface area contributed by atoms with Gasteiger partial charge in [0.15, 0.2) is 5.78 Å². The van der Waals surface area contributed by atoms with Crippen LogP contribution in [0.25, 0.3) is 0 Å². The molecule has 1 fully saturated rings. The van der Waals surface area contributed by atoms with Crippen molar-refractivity contribution < 1.29 is 4.79 Å². The standard InChI is InChI=1S/C15H21NO/c1-3-14(16-9-4-5-10-16)15(17)13-8-6-7-12(2)11-13/h6-8,11,14H,3-5,9-10H2,1-2H3. The second kappa shape index (κ2) is 5.46. The summed E-state index contributed by atoms with van der Waals surface area (Å²) < 4.78 is 0. The first kappa shape index (κ1) is 12.3. The molecule has 92 valence electrons. The summed E-state index contributed by atoms with van der Waals surface area (Å²) in [6.07, 6.45) is 3.38. The molecule has 2 rings (SSSR count). The van der Waals surface area contributed by atoms with E-state index in [9.17, 15) is 4.79 Å². The minimum atomic E-state index is 0.0827. The van der Waals surface area contributed by atoms with Gasteiger partial charge in [-0.15, -0.1) is 0 Å². The second-order valence-electron chi connectivity index (χ2n) is 4.90. The molecule has 0 bridgehead atoms. The number of carbonyl (C=O) groups is 1. The zero-order valence-corrected chi connectivity index (χ0v) is 10.8. The van der Waals surface area contributed by atoms with E-state index in [2.05, 4.69) is 11.8 Å². The number of carbonyl (C=O) groups excluding carboxylic acids is 1. The van der Waals surface area contributed by atoms with Gasteiger partial charge in [-0.2, -0.15) is 0 Å². The summed E-state index contributed by atoms with van der Waals surface area (Å²) in [6, 6.07) is 8.03. The molecule has 0 amide bonds. The molecule has 1 aromatic carbocycles. The lowest BCUT2D eigenvalue weighted by atomic mass is 9.99. The number of hydrogen-bond acceptors (Lipinski definition) is 2. The largest absolute Gasteiger partial charge is 0.293 e. The highest BCUT2D eigenvalue weighted by Crippen LogP contribution is 2.18. The molecule has 17 heavy (non-hydrogen) atoms. The van der Waals surface area contributed by atoms with Crippen molar-refractivity contribution in [2.24, 2.45) is 0 Å². The molecular weight excluding hydrogens is 210 g/mol. The smallest absolute Gasteiger partial charge is 0.179 e. The second-order valence-corrected chi connectivity index (χ2v) is 4.90. The van der Waals surface area contributed by atoms with Gasteiger partial charge in [-0.3, -0.25) is 9.69 Å². The highest BCUT2D eigenvalue weighted by Gasteiger charge is 2.27. The van der Waals surface area contributed by atoms with Crippen LogP contribution in [0.4, 0.5) is 0 Å². The first-order valence-corrected chi connectivity index (χ1v) is 6.57. The molecule has 1 aromatic rings. The molecule has 0 aliphatic carbocycles. The summed E-state index contributed by atoms with van der Waals surface area (Å²) in [6.45, 7) is 6.30. The molecule has 1 aliphatic heterocycles. The van der Waals surface area contributed by atoms with E-state index in [1.807, 2.05) is 31.2 Å². The number of aryl methyl sites for hydroxylation is 1. The summed E-state index contributed by atoms with van der Waals surface area (Å²) in [5, 5.41) is 0. The van der Waals surface area contributed by atoms with Crippen molar-refractivity contribution in [2.45, 2.75) is 39.2 Å². The number of benzene rings is 1. The predicted molar refractivity (Wildman–Crippen MR) is 70.4 cm³/mol. The lowest BCUT2D eigenvalue weighted by Crippen LogP contribution is -2.38. The van der Waals surface area contributed by atoms with Gasteiger partial charge < -0.3 is 0 Å². The Kier molecular flexibility index (Phi) is 3.95. The molecule has 0 spiro atoms. The van der Waals surface area contributed by atoms with Crippen LogP contribution in [-0.2, 0) is 0 Å². The fourth-order valence-electron chi connectivity index (χ4n) is 2.65. The number of nitrogens with zero attached hydrogens (tertiary/aromatic N) is 1. The van der Waals surface area contributed by atoms with E-state index < -0.39 is 0 Å². The third-order valence-corrected chi connectivity index (χ3v) is 3.57. The van der Waals surface area contributed by atoms with Gasteiger partial charge in [0, 0.05) is 5.56 Å². The molecule has 1 heterocycles. The van der Waals surface area contributed by atoms with Crippen LogP contribution in [0.3, 0.4) is 0 Å². The minimum absolute atomic E-state index is 0.0827. The third kappa shape index (κ3) is 2.75. The van der Waals surface area contributed by atoms with Crippen LogP contribution >= 0.6 is 0 Å². The maximum atomic E-state index is 12.5. The molecule has 1 saturated heterocycles. The average Bonchev–Trinajstić information content (AvgIpc) is 2.83. The molecule has 0 radical (unpaired) electrons. The van der Waals surface area contributed by atoms with E-state index in [0.29, 0.717) is 0 Å². The van der Waals surface area contributed by atoms with Crippen molar-refractivity contribution in [2.75, 3.05) is 13.1 Å². The molecule has 1 unspecified atom stereocenters. The number of hydrogen-bond donors (Lipinski definition) is 0. The predicted octanol–water partition coefficient (Wildman–Crippen LogP) is 3.05. The zero-order chi connectivity index (χ0) is 12.3. The Hall–Kier alpha value is -1.15. The summed E-state index contributed by atoms with van der Waals surface area (Å²) in [7, 11) is 0. The van der Waals surface area contributed by atoms with E-state index in [-0.39, 0.29) is 11.8 Å². The van der Waals surface area contributed by atoms with Gasteiger partial charge in [0.1, 0.15) is 0 Å². The Labute approximate surface area is 104 Å². The van der Waals surface area contributed by atoms with Crippen molar-refractivity contribution in [1.29, 1.82) is 0 Å². The summed E-state index contributed by atoms with van der Waals surface area (Å²) in [5.41, 5.74) is 2.02. The summed E-state index contributed by atoms with van der Waals surface area (Å²) in [5.74, 6) is 0.290. The molecule has 1 atom stereocenters. The monoisotopic (exact) mass is 231 g/mol. The van der Waals surface area contributed by atoms with Gasteiger partial charge in [0.25, 0.3) is 0 Å². The highest BCUT2D eigenvalue weighted by molar-refractivity contribution is 6.00. The number of rotatable bonds is 4. The Morgan fingerprint density at radius 3 is 2.65 bits per heavy atom. The van der Waals surface area contributed by atoms with Gasteiger partial charge in [0.2, 0.25) is 0 Å². The summed E-state index contributed by atoms with van der Waals surface area (Å²) in [4.78, 5) is 14.8. The Balaban J connectivity index is 2.16. The number of Topliss-reactive ketones (excluding diaryl/α,β-unsaturated/α-hetero) is 1.